The molecule has 0 bridgehead atoms. The van der Waals surface area contributed by atoms with Crippen molar-refractivity contribution in [2.75, 3.05) is 6.54 Å². The molecule has 5 heteroatoms. The Balaban J connectivity index is 4.01. The highest BCUT2D eigenvalue weighted by molar-refractivity contribution is 5.59. The van der Waals surface area contributed by atoms with Crippen molar-refractivity contribution < 1.29 is 20.1 Å². The van der Waals surface area contributed by atoms with Gasteiger partial charge in [0.05, 0.1) is 6.10 Å². The van der Waals surface area contributed by atoms with E-state index in [1.807, 2.05) is 0 Å². The van der Waals surface area contributed by atoms with Gasteiger partial charge in [-0.05, 0) is 19.9 Å². The van der Waals surface area contributed by atoms with E-state index in [1.165, 1.54) is 6.92 Å². The topological polar surface area (TPSA) is 89.8 Å². The maximum atomic E-state index is 10.6. The fourth-order valence-corrected chi connectivity index (χ4v) is 1.35. The van der Waals surface area contributed by atoms with E-state index in [2.05, 4.69) is 12.2 Å². The first-order chi connectivity index (χ1) is 7.54. The first-order valence-electron chi connectivity index (χ1n) is 5.69. The Hall–Kier alpha value is -0.490. The third-order valence-electron chi connectivity index (χ3n) is 2.46. The van der Waals surface area contributed by atoms with Gasteiger partial charge >= 0.3 is 0 Å². The zero-order chi connectivity index (χ0) is 12.6. The van der Waals surface area contributed by atoms with E-state index >= 15 is 0 Å². The van der Waals surface area contributed by atoms with Crippen LogP contribution in [0.15, 0.2) is 0 Å². The Morgan fingerprint density at radius 1 is 1.19 bits per heavy atom. The van der Waals surface area contributed by atoms with E-state index in [-0.39, 0.29) is 0 Å². The molecule has 0 unspecified atom stereocenters. The molecule has 0 aromatic heterocycles. The molecular weight excluding hydrogens is 210 g/mol. The van der Waals surface area contributed by atoms with E-state index in [4.69, 9.17) is 5.11 Å². The summed E-state index contributed by atoms with van der Waals surface area (Å²) >= 11 is 0. The van der Waals surface area contributed by atoms with Crippen LogP contribution >= 0.6 is 0 Å². The average Bonchev–Trinajstić information content (AvgIpc) is 2.27. The SMILES string of the molecule is CCCCCN[C@@H]([C]=O)[C@@H](O)[C@H](O)[C@@H](C)O. The lowest BCUT2D eigenvalue weighted by atomic mass is 10.0. The van der Waals surface area contributed by atoms with Gasteiger partial charge in [0.15, 0.2) is 0 Å². The lowest BCUT2D eigenvalue weighted by Crippen LogP contribution is -2.50. The van der Waals surface area contributed by atoms with Crippen molar-refractivity contribution in [2.24, 2.45) is 0 Å². The quantitative estimate of drug-likeness (QED) is 0.397. The summed E-state index contributed by atoms with van der Waals surface area (Å²) in [5.74, 6) is 0. The molecule has 0 saturated heterocycles. The summed E-state index contributed by atoms with van der Waals surface area (Å²) in [5.41, 5.74) is 0. The van der Waals surface area contributed by atoms with Gasteiger partial charge in [0.1, 0.15) is 18.2 Å². The predicted molar refractivity (Wildman–Crippen MR) is 60.7 cm³/mol. The Kier molecular flexibility index (Phi) is 8.37. The first-order valence-corrected chi connectivity index (χ1v) is 5.69. The molecule has 4 atom stereocenters. The summed E-state index contributed by atoms with van der Waals surface area (Å²) in [5, 5.41) is 30.8. The van der Waals surface area contributed by atoms with Gasteiger partial charge in [-0.15, -0.1) is 0 Å². The van der Waals surface area contributed by atoms with E-state index < -0.39 is 24.4 Å². The minimum atomic E-state index is -1.34. The molecule has 0 aromatic rings. The van der Waals surface area contributed by atoms with Crippen molar-refractivity contribution in [1.82, 2.24) is 5.32 Å². The Labute approximate surface area is 96.5 Å². The molecule has 4 N–H and O–H groups in total. The maximum absolute atomic E-state index is 10.6. The Morgan fingerprint density at radius 2 is 1.81 bits per heavy atom. The van der Waals surface area contributed by atoms with Gasteiger partial charge in [-0.25, -0.2) is 0 Å². The summed E-state index contributed by atoms with van der Waals surface area (Å²) in [6.45, 7) is 4.00. The summed E-state index contributed by atoms with van der Waals surface area (Å²) < 4.78 is 0. The number of carbonyl (C=O) groups excluding carboxylic acids is 1. The van der Waals surface area contributed by atoms with Gasteiger partial charge in [0.2, 0.25) is 6.29 Å². The number of hydrogen-bond donors (Lipinski definition) is 4. The zero-order valence-electron chi connectivity index (χ0n) is 9.89. The van der Waals surface area contributed by atoms with Gasteiger partial charge in [-0.1, -0.05) is 19.8 Å². The molecule has 0 aromatic carbocycles. The van der Waals surface area contributed by atoms with Crippen LogP contribution in [0, 0.1) is 0 Å². The number of rotatable bonds is 9. The van der Waals surface area contributed by atoms with Crippen molar-refractivity contribution in [2.45, 2.75) is 57.5 Å². The highest BCUT2D eigenvalue weighted by Crippen LogP contribution is 2.04. The fourth-order valence-electron chi connectivity index (χ4n) is 1.35. The van der Waals surface area contributed by atoms with Crippen LogP contribution in [-0.2, 0) is 4.79 Å². The minimum Gasteiger partial charge on any atom is -0.391 e. The van der Waals surface area contributed by atoms with E-state index in [1.54, 1.807) is 6.29 Å². The fraction of sp³-hybridized carbons (Fsp3) is 0.909. The van der Waals surface area contributed by atoms with Crippen LogP contribution in [-0.4, -0.2) is 52.5 Å². The van der Waals surface area contributed by atoms with Gasteiger partial charge in [-0.2, -0.15) is 0 Å². The number of aliphatic hydroxyl groups is 3. The second-order valence-corrected chi connectivity index (χ2v) is 3.98. The zero-order valence-corrected chi connectivity index (χ0v) is 9.89. The predicted octanol–water partition coefficient (Wildman–Crippen LogP) is -0.653. The number of aliphatic hydroxyl groups excluding tert-OH is 3. The third-order valence-corrected chi connectivity index (χ3v) is 2.46. The summed E-state index contributed by atoms with van der Waals surface area (Å²) in [7, 11) is 0. The van der Waals surface area contributed by atoms with Crippen LogP contribution in [0.25, 0.3) is 0 Å². The second kappa shape index (κ2) is 8.64. The van der Waals surface area contributed by atoms with Gasteiger partial charge in [-0.3, -0.25) is 4.79 Å². The van der Waals surface area contributed by atoms with Crippen LogP contribution in [0.5, 0.6) is 0 Å². The van der Waals surface area contributed by atoms with Crippen molar-refractivity contribution in [3.05, 3.63) is 0 Å². The summed E-state index contributed by atoms with van der Waals surface area (Å²) in [4.78, 5) is 10.6. The molecule has 0 saturated carbocycles. The standard InChI is InChI=1S/C11H22NO4/c1-3-4-5-6-12-9(7-13)11(16)10(15)8(2)14/h8-12,14-16H,3-6H2,1-2H3/t8-,9+,10-,11-/m1/s1. The lowest BCUT2D eigenvalue weighted by molar-refractivity contribution is -0.0572. The molecule has 0 aliphatic heterocycles. The van der Waals surface area contributed by atoms with E-state index in [9.17, 15) is 15.0 Å². The molecule has 95 valence electrons. The Morgan fingerprint density at radius 3 is 2.25 bits per heavy atom. The molecule has 0 aliphatic carbocycles. The van der Waals surface area contributed by atoms with Gasteiger partial charge in [0, 0.05) is 0 Å². The van der Waals surface area contributed by atoms with Crippen molar-refractivity contribution in [1.29, 1.82) is 0 Å². The smallest absolute Gasteiger partial charge is 0.219 e. The van der Waals surface area contributed by atoms with Crippen LogP contribution < -0.4 is 5.32 Å². The molecule has 0 amide bonds. The van der Waals surface area contributed by atoms with E-state index in [0.717, 1.165) is 19.3 Å². The monoisotopic (exact) mass is 232 g/mol. The van der Waals surface area contributed by atoms with Crippen LogP contribution in [0.3, 0.4) is 0 Å². The minimum absolute atomic E-state index is 0.581. The molecule has 0 aliphatic rings. The van der Waals surface area contributed by atoms with E-state index in [0.29, 0.717) is 6.54 Å². The Bertz CT molecular complexity index is 187. The lowest BCUT2D eigenvalue weighted by Gasteiger charge is -2.25. The molecular formula is C11H22NO4. The number of unbranched alkanes of at least 4 members (excludes halogenated alkanes) is 2. The first kappa shape index (κ1) is 15.5. The molecule has 0 rings (SSSR count). The third kappa shape index (κ3) is 5.55. The second-order valence-electron chi connectivity index (χ2n) is 3.98. The average molecular weight is 232 g/mol. The van der Waals surface area contributed by atoms with Crippen LogP contribution in [0.1, 0.15) is 33.1 Å². The van der Waals surface area contributed by atoms with Crippen LogP contribution in [0.2, 0.25) is 0 Å². The van der Waals surface area contributed by atoms with Crippen molar-refractivity contribution in [3.8, 4) is 0 Å². The van der Waals surface area contributed by atoms with Gasteiger partial charge in [0.25, 0.3) is 0 Å². The van der Waals surface area contributed by atoms with Crippen LogP contribution in [0.4, 0.5) is 0 Å². The number of nitrogens with one attached hydrogen (secondary N) is 1. The normalized spacial score (nSPS) is 18.8. The molecule has 16 heavy (non-hydrogen) atoms. The largest absolute Gasteiger partial charge is 0.391 e. The summed E-state index contributed by atoms with van der Waals surface area (Å²) in [6, 6.07) is -0.957. The molecule has 5 nitrogen and oxygen atoms in total. The maximum Gasteiger partial charge on any atom is 0.219 e. The van der Waals surface area contributed by atoms with Crippen molar-refractivity contribution >= 4 is 6.29 Å². The highest BCUT2D eigenvalue weighted by Gasteiger charge is 2.29. The number of hydrogen-bond acceptors (Lipinski definition) is 5. The molecule has 0 heterocycles. The molecule has 0 fully saturated rings. The van der Waals surface area contributed by atoms with Gasteiger partial charge < -0.3 is 20.6 Å². The highest BCUT2D eigenvalue weighted by atomic mass is 16.4. The molecule has 0 spiro atoms. The van der Waals surface area contributed by atoms with Crippen molar-refractivity contribution in [3.63, 3.8) is 0 Å². The molecule has 1 radical (unpaired) electrons. The summed E-state index contributed by atoms with van der Waals surface area (Å²) in [6.07, 6.45) is 0.871.